The maximum absolute atomic E-state index is 10.7. The van der Waals surface area contributed by atoms with Gasteiger partial charge in [0.25, 0.3) is 0 Å². The Labute approximate surface area is 110 Å². The standard InChI is InChI=1S/C12H15NO4S/c1-8(13(14)15)5-10-11(16-2)6-9(18-4)7-12(10)17-3/h5-7H,1-4H3/b8-5+. The number of rotatable bonds is 5. The average molecular weight is 269 g/mol. The first-order chi connectivity index (χ1) is 8.53. The highest BCUT2D eigenvalue weighted by molar-refractivity contribution is 7.98. The molecule has 0 fully saturated rings. The van der Waals surface area contributed by atoms with Crippen molar-refractivity contribution in [1.82, 2.24) is 0 Å². The van der Waals surface area contributed by atoms with E-state index in [-0.39, 0.29) is 5.70 Å². The topological polar surface area (TPSA) is 61.6 Å². The molecule has 0 saturated heterocycles. The van der Waals surface area contributed by atoms with Gasteiger partial charge in [0.2, 0.25) is 5.70 Å². The van der Waals surface area contributed by atoms with Crippen molar-refractivity contribution in [2.24, 2.45) is 0 Å². The number of thioether (sulfide) groups is 1. The highest BCUT2D eigenvalue weighted by Crippen LogP contribution is 2.35. The summed E-state index contributed by atoms with van der Waals surface area (Å²) in [6.07, 6.45) is 3.38. The lowest BCUT2D eigenvalue weighted by Gasteiger charge is -2.12. The van der Waals surface area contributed by atoms with Crippen molar-refractivity contribution in [3.8, 4) is 11.5 Å². The van der Waals surface area contributed by atoms with Crippen LogP contribution in [0.15, 0.2) is 22.7 Å². The zero-order valence-corrected chi connectivity index (χ0v) is 11.5. The summed E-state index contributed by atoms with van der Waals surface area (Å²) in [6.45, 7) is 1.43. The van der Waals surface area contributed by atoms with E-state index >= 15 is 0 Å². The van der Waals surface area contributed by atoms with Crippen LogP contribution in [0.5, 0.6) is 11.5 Å². The largest absolute Gasteiger partial charge is 0.496 e. The Morgan fingerprint density at radius 2 is 1.83 bits per heavy atom. The van der Waals surface area contributed by atoms with Crippen molar-refractivity contribution in [3.05, 3.63) is 33.5 Å². The number of hydrogen-bond acceptors (Lipinski definition) is 5. The first-order valence-corrected chi connectivity index (χ1v) is 6.38. The van der Waals surface area contributed by atoms with E-state index in [4.69, 9.17) is 9.47 Å². The van der Waals surface area contributed by atoms with Gasteiger partial charge in [0.05, 0.1) is 24.7 Å². The quantitative estimate of drug-likeness (QED) is 0.467. The number of nitrogens with zero attached hydrogens (tertiary/aromatic N) is 1. The van der Waals surface area contributed by atoms with Crippen LogP contribution in [0.25, 0.3) is 6.08 Å². The van der Waals surface area contributed by atoms with Gasteiger partial charge in [0.15, 0.2) is 0 Å². The second-order valence-electron chi connectivity index (χ2n) is 3.49. The fourth-order valence-corrected chi connectivity index (χ4v) is 1.89. The number of allylic oxidation sites excluding steroid dienone is 1. The highest BCUT2D eigenvalue weighted by atomic mass is 32.2. The predicted octanol–water partition coefficient (Wildman–Crippen LogP) is 3.06. The monoisotopic (exact) mass is 269 g/mol. The van der Waals surface area contributed by atoms with Crippen LogP contribution in [-0.4, -0.2) is 25.4 Å². The summed E-state index contributed by atoms with van der Waals surface area (Å²) in [6, 6.07) is 3.65. The van der Waals surface area contributed by atoms with Gasteiger partial charge in [-0.15, -0.1) is 11.8 Å². The molecule has 0 aliphatic rings. The zero-order valence-electron chi connectivity index (χ0n) is 10.7. The van der Waals surface area contributed by atoms with Crippen molar-refractivity contribution in [1.29, 1.82) is 0 Å². The Hall–Kier alpha value is -1.69. The number of hydrogen-bond donors (Lipinski definition) is 0. The van der Waals surface area contributed by atoms with Gasteiger partial charge in [-0.3, -0.25) is 10.1 Å². The number of benzene rings is 1. The van der Waals surface area contributed by atoms with E-state index in [1.807, 2.05) is 18.4 Å². The van der Waals surface area contributed by atoms with E-state index in [9.17, 15) is 10.1 Å². The van der Waals surface area contributed by atoms with Crippen molar-refractivity contribution in [2.45, 2.75) is 11.8 Å². The maximum atomic E-state index is 10.7. The molecule has 18 heavy (non-hydrogen) atoms. The van der Waals surface area contributed by atoms with Gasteiger partial charge in [-0.2, -0.15) is 0 Å². The number of ether oxygens (including phenoxy) is 2. The van der Waals surface area contributed by atoms with Crippen LogP contribution in [0.2, 0.25) is 0 Å². The fraction of sp³-hybridized carbons (Fsp3) is 0.333. The molecular weight excluding hydrogens is 254 g/mol. The molecule has 0 N–H and O–H groups in total. The molecule has 0 unspecified atom stereocenters. The fourth-order valence-electron chi connectivity index (χ4n) is 1.44. The first-order valence-electron chi connectivity index (χ1n) is 5.16. The minimum Gasteiger partial charge on any atom is -0.496 e. The molecule has 0 bridgehead atoms. The van der Waals surface area contributed by atoms with Crippen LogP contribution in [0.3, 0.4) is 0 Å². The molecule has 0 amide bonds. The molecule has 0 aromatic heterocycles. The van der Waals surface area contributed by atoms with Crippen molar-refractivity contribution in [2.75, 3.05) is 20.5 Å². The Morgan fingerprint density at radius 3 is 2.17 bits per heavy atom. The summed E-state index contributed by atoms with van der Waals surface area (Å²) in [4.78, 5) is 11.2. The molecule has 5 nitrogen and oxygen atoms in total. The van der Waals surface area contributed by atoms with Crippen molar-refractivity contribution >= 4 is 17.8 Å². The van der Waals surface area contributed by atoms with E-state index < -0.39 is 4.92 Å². The summed E-state index contributed by atoms with van der Waals surface area (Å²) < 4.78 is 10.5. The summed E-state index contributed by atoms with van der Waals surface area (Å²) >= 11 is 1.55. The van der Waals surface area contributed by atoms with E-state index in [0.29, 0.717) is 17.1 Å². The molecule has 1 rings (SSSR count). The third kappa shape index (κ3) is 3.16. The van der Waals surface area contributed by atoms with Gasteiger partial charge in [-0.05, 0) is 18.4 Å². The van der Waals surface area contributed by atoms with Gasteiger partial charge in [-0.1, -0.05) is 0 Å². The Morgan fingerprint density at radius 1 is 1.33 bits per heavy atom. The predicted molar refractivity (Wildman–Crippen MR) is 72.0 cm³/mol. The van der Waals surface area contributed by atoms with Crippen LogP contribution >= 0.6 is 11.8 Å². The Balaban J connectivity index is 3.40. The van der Waals surface area contributed by atoms with E-state index in [2.05, 4.69) is 0 Å². The smallest absolute Gasteiger partial charge is 0.244 e. The van der Waals surface area contributed by atoms with Crippen molar-refractivity contribution in [3.63, 3.8) is 0 Å². The van der Waals surface area contributed by atoms with Crippen LogP contribution in [-0.2, 0) is 0 Å². The van der Waals surface area contributed by atoms with Gasteiger partial charge < -0.3 is 9.47 Å². The second-order valence-corrected chi connectivity index (χ2v) is 4.37. The second kappa shape index (κ2) is 6.30. The van der Waals surface area contributed by atoms with Crippen LogP contribution in [0, 0.1) is 10.1 Å². The lowest BCUT2D eigenvalue weighted by atomic mass is 10.1. The van der Waals surface area contributed by atoms with Gasteiger partial charge in [0, 0.05) is 17.9 Å². The third-order valence-corrected chi connectivity index (χ3v) is 3.10. The van der Waals surface area contributed by atoms with Gasteiger partial charge >= 0.3 is 0 Å². The van der Waals surface area contributed by atoms with E-state index in [1.54, 1.807) is 11.8 Å². The number of methoxy groups -OCH3 is 2. The molecule has 6 heteroatoms. The van der Waals surface area contributed by atoms with Crippen LogP contribution in [0.1, 0.15) is 12.5 Å². The lowest BCUT2D eigenvalue weighted by Crippen LogP contribution is -1.97. The summed E-state index contributed by atoms with van der Waals surface area (Å²) in [7, 11) is 3.05. The SMILES string of the molecule is COc1cc(SC)cc(OC)c1/C=C(\C)[N+](=O)[O-]. The highest BCUT2D eigenvalue weighted by Gasteiger charge is 2.13. The minimum absolute atomic E-state index is 0.0310. The van der Waals surface area contributed by atoms with Gasteiger partial charge in [-0.25, -0.2) is 0 Å². The minimum atomic E-state index is -0.443. The van der Waals surface area contributed by atoms with E-state index in [0.717, 1.165) is 4.90 Å². The average Bonchev–Trinajstić information content (AvgIpc) is 2.38. The zero-order chi connectivity index (χ0) is 13.7. The molecular formula is C12H15NO4S. The number of nitro groups is 1. The molecule has 1 aromatic rings. The van der Waals surface area contributed by atoms with E-state index in [1.165, 1.54) is 27.2 Å². The molecule has 0 heterocycles. The van der Waals surface area contributed by atoms with Gasteiger partial charge in [0.1, 0.15) is 11.5 Å². The van der Waals surface area contributed by atoms with Crippen LogP contribution in [0.4, 0.5) is 0 Å². The molecule has 1 aromatic carbocycles. The molecule has 0 spiro atoms. The third-order valence-electron chi connectivity index (χ3n) is 2.39. The summed E-state index contributed by atoms with van der Waals surface area (Å²) in [5, 5.41) is 10.7. The first kappa shape index (κ1) is 14.4. The Bertz CT molecular complexity index is 460. The molecule has 0 saturated carbocycles. The van der Waals surface area contributed by atoms with Crippen molar-refractivity contribution < 1.29 is 14.4 Å². The summed E-state index contributed by atoms with van der Waals surface area (Å²) in [5.41, 5.74) is 0.607. The molecule has 0 aliphatic heterocycles. The lowest BCUT2D eigenvalue weighted by molar-refractivity contribution is -0.422. The molecule has 98 valence electrons. The molecule has 0 aliphatic carbocycles. The normalized spacial score (nSPS) is 11.2. The Kier molecular flexibility index (Phi) is 5.03. The van der Waals surface area contributed by atoms with Crippen LogP contribution < -0.4 is 9.47 Å². The maximum Gasteiger partial charge on any atom is 0.244 e. The molecule has 0 radical (unpaired) electrons. The molecule has 0 atom stereocenters. The summed E-state index contributed by atoms with van der Waals surface area (Å²) in [5.74, 6) is 1.11.